The molecule has 0 saturated heterocycles. The lowest BCUT2D eigenvalue weighted by molar-refractivity contribution is 0.404. The zero-order valence-electron chi connectivity index (χ0n) is 12.1. The third-order valence-electron chi connectivity index (χ3n) is 3.30. The van der Waals surface area contributed by atoms with Gasteiger partial charge in [0, 0.05) is 10.6 Å². The molecule has 0 amide bonds. The van der Waals surface area contributed by atoms with E-state index in [1.807, 2.05) is 37.4 Å². The predicted octanol–water partition coefficient (Wildman–Crippen LogP) is 4.32. The molecular weight excluding hydrogens is 309 g/mol. The van der Waals surface area contributed by atoms with Gasteiger partial charge in [-0.1, -0.05) is 35.3 Å². The summed E-state index contributed by atoms with van der Waals surface area (Å²) in [7, 11) is 5.12. The van der Waals surface area contributed by atoms with Crippen LogP contribution in [0.5, 0.6) is 11.5 Å². The van der Waals surface area contributed by atoms with E-state index < -0.39 is 0 Å². The molecule has 2 aromatic rings. The Morgan fingerprint density at radius 3 is 2.29 bits per heavy atom. The number of hydrogen-bond donors (Lipinski definition) is 1. The Labute approximate surface area is 134 Å². The molecular formula is C16H17Cl2NO2. The number of nitrogens with one attached hydrogen (secondary N) is 1. The Kier molecular flexibility index (Phi) is 5.34. The van der Waals surface area contributed by atoms with Gasteiger partial charge in [-0.15, -0.1) is 0 Å². The first-order valence-corrected chi connectivity index (χ1v) is 7.20. The van der Waals surface area contributed by atoms with Gasteiger partial charge in [0.25, 0.3) is 0 Å². The molecule has 1 N–H and O–H groups in total. The van der Waals surface area contributed by atoms with E-state index in [2.05, 4.69) is 5.32 Å². The van der Waals surface area contributed by atoms with E-state index in [0.717, 1.165) is 16.9 Å². The van der Waals surface area contributed by atoms with Crippen LogP contribution < -0.4 is 14.8 Å². The number of hydrogen-bond acceptors (Lipinski definition) is 3. The summed E-state index contributed by atoms with van der Waals surface area (Å²) in [5.74, 6) is 1.37. The Morgan fingerprint density at radius 2 is 1.67 bits per heavy atom. The second-order valence-corrected chi connectivity index (χ2v) is 5.35. The largest absolute Gasteiger partial charge is 0.496 e. The molecule has 0 radical (unpaired) electrons. The number of benzene rings is 2. The van der Waals surface area contributed by atoms with Crippen molar-refractivity contribution in [2.24, 2.45) is 0 Å². The summed E-state index contributed by atoms with van der Waals surface area (Å²) < 4.78 is 10.7. The molecule has 0 aliphatic carbocycles. The van der Waals surface area contributed by atoms with Crippen molar-refractivity contribution < 1.29 is 9.47 Å². The molecule has 112 valence electrons. The predicted molar refractivity (Wildman–Crippen MR) is 86.9 cm³/mol. The van der Waals surface area contributed by atoms with Gasteiger partial charge in [-0.05, 0) is 36.9 Å². The summed E-state index contributed by atoms with van der Waals surface area (Å²) in [4.78, 5) is 0. The number of methoxy groups -OCH3 is 2. The highest BCUT2D eigenvalue weighted by molar-refractivity contribution is 6.32. The first kappa shape index (κ1) is 16.0. The molecule has 21 heavy (non-hydrogen) atoms. The maximum atomic E-state index is 6.08. The lowest BCUT2D eigenvalue weighted by Crippen LogP contribution is -2.18. The van der Waals surface area contributed by atoms with Gasteiger partial charge in [0.2, 0.25) is 0 Å². The number of halogens is 2. The first-order chi connectivity index (χ1) is 10.1. The fourth-order valence-electron chi connectivity index (χ4n) is 2.28. The van der Waals surface area contributed by atoms with E-state index in [9.17, 15) is 0 Å². The summed E-state index contributed by atoms with van der Waals surface area (Å²) in [6.45, 7) is 0. The molecule has 2 aromatic carbocycles. The van der Waals surface area contributed by atoms with Crippen molar-refractivity contribution in [2.75, 3.05) is 21.3 Å². The molecule has 0 aliphatic heterocycles. The molecule has 0 saturated carbocycles. The van der Waals surface area contributed by atoms with Crippen molar-refractivity contribution >= 4 is 23.2 Å². The van der Waals surface area contributed by atoms with Crippen LogP contribution in [0.25, 0.3) is 0 Å². The average Bonchev–Trinajstić information content (AvgIpc) is 2.50. The summed E-state index contributed by atoms with van der Waals surface area (Å²) in [5, 5.41) is 4.50. The van der Waals surface area contributed by atoms with Gasteiger partial charge in [0.1, 0.15) is 11.5 Å². The Morgan fingerprint density at radius 1 is 0.952 bits per heavy atom. The molecule has 3 nitrogen and oxygen atoms in total. The van der Waals surface area contributed by atoms with Crippen LogP contribution in [0.15, 0.2) is 36.4 Å². The van der Waals surface area contributed by atoms with Crippen LogP contribution in [0.2, 0.25) is 10.0 Å². The van der Waals surface area contributed by atoms with Gasteiger partial charge < -0.3 is 14.8 Å². The topological polar surface area (TPSA) is 30.5 Å². The van der Waals surface area contributed by atoms with Crippen LogP contribution in [0.3, 0.4) is 0 Å². The van der Waals surface area contributed by atoms with Crippen molar-refractivity contribution in [3.05, 3.63) is 57.6 Å². The highest BCUT2D eigenvalue weighted by atomic mass is 35.5. The highest BCUT2D eigenvalue weighted by Crippen LogP contribution is 2.35. The first-order valence-electron chi connectivity index (χ1n) is 6.44. The fourth-order valence-corrected chi connectivity index (χ4v) is 2.64. The van der Waals surface area contributed by atoms with Crippen molar-refractivity contribution in [2.45, 2.75) is 6.04 Å². The van der Waals surface area contributed by atoms with Crippen LogP contribution in [-0.4, -0.2) is 21.3 Å². The summed E-state index contributed by atoms with van der Waals surface area (Å²) in [5.41, 5.74) is 2.02. The second kappa shape index (κ2) is 7.03. The van der Waals surface area contributed by atoms with Crippen molar-refractivity contribution in [3.63, 3.8) is 0 Å². The van der Waals surface area contributed by atoms with E-state index in [4.69, 9.17) is 32.7 Å². The lowest BCUT2D eigenvalue weighted by Gasteiger charge is -2.21. The monoisotopic (exact) mass is 325 g/mol. The Bertz CT molecular complexity index is 632. The molecule has 0 fully saturated rings. The quantitative estimate of drug-likeness (QED) is 0.888. The second-order valence-electron chi connectivity index (χ2n) is 4.50. The Balaban J connectivity index is 2.49. The molecule has 0 bridgehead atoms. The highest BCUT2D eigenvalue weighted by Gasteiger charge is 2.18. The third-order valence-corrected chi connectivity index (χ3v) is 3.85. The third kappa shape index (κ3) is 3.43. The van der Waals surface area contributed by atoms with Gasteiger partial charge in [0.05, 0.1) is 25.3 Å². The van der Waals surface area contributed by atoms with Crippen molar-refractivity contribution in [1.29, 1.82) is 0 Å². The number of rotatable bonds is 5. The fraction of sp³-hybridized carbons (Fsp3) is 0.250. The maximum Gasteiger partial charge on any atom is 0.137 e. The van der Waals surface area contributed by atoms with Gasteiger partial charge >= 0.3 is 0 Å². The van der Waals surface area contributed by atoms with Gasteiger partial charge in [-0.2, -0.15) is 0 Å². The van der Waals surface area contributed by atoms with Crippen molar-refractivity contribution in [1.82, 2.24) is 5.32 Å². The minimum absolute atomic E-state index is 0.0524. The molecule has 0 aliphatic rings. The summed E-state index contributed by atoms with van der Waals surface area (Å²) in [6, 6.07) is 11.2. The van der Waals surface area contributed by atoms with Crippen LogP contribution in [0.4, 0.5) is 0 Å². The molecule has 1 unspecified atom stereocenters. The van der Waals surface area contributed by atoms with Crippen LogP contribution in [0.1, 0.15) is 17.2 Å². The molecule has 1 atom stereocenters. The van der Waals surface area contributed by atoms with Gasteiger partial charge in [-0.25, -0.2) is 0 Å². The lowest BCUT2D eigenvalue weighted by atomic mass is 9.97. The van der Waals surface area contributed by atoms with E-state index in [1.165, 1.54) is 0 Å². The van der Waals surface area contributed by atoms with Crippen LogP contribution >= 0.6 is 23.2 Å². The molecule has 2 rings (SSSR count). The summed E-state index contributed by atoms with van der Waals surface area (Å²) >= 11 is 12.1. The smallest absolute Gasteiger partial charge is 0.137 e. The molecule has 0 heterocycles. The summed E-state index contributed by atoms with van der Waals surface area (Å²) in [6.07, 6.45) is 0. The van der Waals surface area contributed by atoms with Crippen LogP contribution in [0, 0.1) is 0 Å². The normalized spacial score (nSPS) is 12.0. The van der Waals surface area contributed by atoms with Gasteiger partial charge in [0.15, 0.2) is 0 Å². The van der Waals surface area contributed by atoms with Crippen molar-refractivity contribution in [3.8, 4) is 11.5 Å². The average molecular weight is 326 g/mol. The van der Waals surface area contributed by atoms with E-state index in [0.29, 0.717) is 15.8 Å². The molecule has 5 heteroatoms. The minimum Gasteiger partial charge on any atom is -0.496 e. The Hall–Kier alpha value is -1.42. The van der Waals surface area contributed by atoms with Crippen LogP contribution in [-0.2, 0) is 0 Å². The zero-order valence-corrected chi connectivity index (χ0v) is 13.6. The SMILES string of the molecule is CNC(c1ccc(Cl)c(OC)c1)c1ccc(Cl)cc1OC. The van der Waals surface area contributed by atoms with E-state index in [-0.39, 0.29) is 6.04 Å². The molecule has 0 spiro atoms. The van der Waals surface area contributed by atoms with E-state index in [1.54, 1.807) is 20.3 Å². The maximum absolute atomic E-state index is 6.08. The van der Waals surface area contributed by atoms with E-state index >= 15 is 0 Å². The standard InChI is InChI=1S/C16H17Cl2NO2/c1-19-16(10-4-7-13(18)15(8-10)21-3)12-6-5-11(17)9-14(12)20-2/h4-9,16,19H,1-3H3. The van der Waals surface area contributed by atoms with Gasteiger partial charge in [-0.3, -0.25) is 0 Å². The molecule has 0 aromatic heterocycles. The zero-order chi connectivity index (χ0) is 15.4. The number of ether oxygens (including phenoxy) is 2. The minimum atomic E-state index is -0.0524.